The molecule has 0 atom stereocenters. The Balaban J connectivity index is 2.00. The molecule has 0 radical (unpaired) electrons. The molecule has 1 fully saturated rings. The van der Waals surface area contributed by atoms with E-state index in [1.807, 2.05) is 0 Å². The summed E-state index contributed by atoms with van der Waals surface area (Å²) in [5.74, 6) is -1.17. The summed E-state index contributed by atoms with van der Waals surface area (Å²) in [4.78, 5) is 5.89. The van der Waals surface area contributed by atoms with E-state index < -0.39 is 11.6 Å². The number of nitrogens with zero attached hydrogens (tertiary/aromatic N) is 1. The summed E-state index contributed by atoms with van der Waals surface area (Å²) >= 11 is 4.70. The highest BCUT2D eigenvalue weighted by Crippen LogP contribution is 2.45. The normalized spacial score (nSPS) is 14.7. The lowest BCUT2D eigenvalue weighted by molar-refractivity contribution is 0.505. The molecule has 0 bridgehead atoms. The van der Waals surface area contributed by atoms with Gasteiger partial charge < -0.3 is 5.32 Å². The van der Waals surface area contributed by atoms with E-state index in [0.29, 0.717) is 11.5 Å². The Morgan fingerprint density at radius 2 is 2.14 bits per heavy atom. The summed E-state index contributed by atoms with van der Waals surface area (Å²) in [5, 5.41) is 4.06. The molecule has 1 aromatic carbocycles. The lowest BCUT2D eigenvalue weighted by Crippen LogP contribution is -2.11. The molecule has 1 N–H and O–H groups in total. The van der Waals surface area contributed by atoms with Gasteiger partial charge in [-0.25, -0.2) is 13.8 Å². The van der Waals surface area contributed by atoms with Gasteiger partial charge in [0, 0.05) is 22.9 Å². The van der Waals surface area contributed by atoms with Crippen LogP contribution in [0.25, 0.3) is 10.6 Å². The second-order valence-corrected chi connectivity index (χ2v) is 6.98. The van der Waals surface area contributed by atoms with Gasteiger partial charge in [0.25, 0.3) is 0 Å². The minimum atomic E-state index is -0.857. The van der Waals surface area contributed by atoms with Crippen LogP contribution < -0.4 is 5.32 Å². The Morgan fingerprint density at radius 3 is 2.81 bits per heavy atom. The van der Waals surface area contributed by atoms with Crippen molar-refractivity contribution >= 4 is 27.3 Å². The molecule has 1 saturated carbocycles. The summed E-state index contributed by atoms with van der Waals surface area (Å²) in [6, 6.07) is 2.73. The summed E-state index contributed by atoms with van der Waals surface area (Å²) in [6.07, 6.45) is 2.34. The molecule has 6 heteroatoms. The molecule has 1 aromatic heterocycles. The van der Waals surface area contributed by atoms with Crippen LogP contribution in [-0.2, 0) is 6.54 Å². The van der Waals surface area contributed by atoms with Crippen molar-refractivity contribution in [1.82, 2.24) is 10.3 Å². The maximum absolute atomic E-state index is 13.7. The second kappa shape index (κ2) is 6.10. The molecule has 112 valence electrons. The Morgan fingerprint density at radius 1 is 1.38 bits per heavy atom. The van der Waals surface area contributed by atoms with Crippen molar-refractivity contribution in [1.29, 1.82) is 0 Å². The van der Waals surface area contributed by atoms with E-state index in [1.54, 1.807) is 17.4 Å². The highest BCUT2D eigenvalue weighted by Gasteiger charge is 2.30. The first-order valence-electron chi connectivity index (χ1n) is 6.96. The van der Waals surface area contributed by atoms with Crippen molar-refractivity contribution in [3.63, 3.8) is 0 Å². The average molecular weight is 373 g/mol. The van der Waals surface area contributed by atoms with Crippen LogP contribution in [0, 0.1) is 11.6 Å². The highest BCUT2D eigenvalue weighted by molar-refractivity contribution is 9.10. The zero-order valence-electron chi connectivity index (χ0n) is 11.5. The molecule has 0 amide bonds. The lowest BCUT2D eigenvalue weighted by atomic mass is 10.2. The zero-order valence-corrected chi connectivity index (χ0v) is 14.0. The van der Waals surface area contributed by atoms with Gasteiger partial charge in [-0.2, -0.15) is 0 Å². The minimum absolute atomic E-state index is 0.147. The van der Waals surface area contributed by atoms with E-state index in [4.69, 9.17) is 0 Å². The fourth-order valence-corrected chi connectivity index (χ4v) is 4.00. The Labute approximate surface area is 134 Å². The van der Waals surface area contributed by atoms with E-state index in [9.17, 15) is 8.78 Å². The van der Waals surface area contributed by atoms with Crippen LogP contribution in [0.3, 0.4) is 0 Å². The summed E-state index contributed by atoms with van der Waals surface area (Å²) in [7, 11) is 0. The standard InChI is InChI=1S/C15H15BrF2N2S/c1-2-19-7-11-14(8-3-4-8)20-15(21-11)9-5-6-10(17)13(18)12(9)16/h5-6,8,19H,2-4,7H2,1H3. The number of thiazole rings is 1. The van der Waals surface area contributed by atoms with Crippen LogP contribution in [0.15, 0.2) is 16.6 Å². The third-order valence-corrected chi connectivity index (χ3v) is 5.37. The van der Waals surface area contributed by atoms with Gasteiger partial charge in [0.2, 0.25) is 0 Å². The monoisotopic (exact) mass is 372 g/mol. The van der Waals surface area contributed by atoms with Gasteiger partial charge in [0.1, 0.15) is 5.01 Å². The van der Waals surface area contributed by atoms with Crippen LogP contribution in [0.2, 0.25) is 0 Å². The van der Waals surface area contributed by atoms with Gasteiger partial charge in [-0.3, -0.25) is 0 Å². The van der Waals surface area contributed by atoms with Gasteiger partial charge in [-0.1, -0.05) is 6.92 Å². The van der Waals surface area contributed by atoms with Crippen LogP contribution in [-0.4, -0.2) is 11.5 Å². The fourth-order valence-electron chi connectivity index (χ4n) is 2.21. The van der Waals surface area contributed by atoms with Crippen molar-refractivity contribution in [3.05, 3.63) is 38.8 Å². The lowest BCUT2D eigenvalue weighted by Gasteiger charge is -2.02. The first-order chi connectivity index (χ1) is 10.1. The number of aromatic nitrogens is 1. The van der Waals surface area contributed by atoms with Crippen LogP contribution in [0.4, 0.5) is 8.78 Å². The topological polar surface area (TPSA) is 24.9 Å². The first kappa shape index (κ1) is 15.1. The molecule has 2 aromatic rings. The summed E-state index contributed by atoms with van der Waals surface area (Å²) in [6.45, 7) is 3.73. The van der Waals surface area contributed by atoms with Crippen molar-refractivity contribution in [2.75, 3.05) is 6.54 Å². The molecule has 1 aliphatic carbocycles. The predicted molar refractivity (Wildman–Crippen MR) is 84.5 cm³/mol. The van der Waals surface area contributed by atoms with E-state index >= 15 is 0 Å². The Kier molecular flexibility index (Phi) is 4.38. The predicted octanol–water partition coefficient (Wildman–Crippen LogP) is 4.84. The number of hydrogen-bond acceptors (Lipinski definition) is 3. The summed E-state index contributed by atoms with van der Waals surface area (Å²) < 4.78 is 27.1. The van der Waals surface area contributed by atoms with Crippen LogP contribution in [0.1, 0.15) is 36.3 Å². The van der Waals surface area contributed by atoms with Gasteiger partial charge >= 0.3 is 0 Å². The molecule has 2 nitrogen and oxygen atoms in total. The van der Waals surface area contributed by atoms with Crippen molar-refractivity contribution < 1.29 is 8.78 Å². The molecule has 21 heavy (non-hydrogen) atoms. The largest absolute Gasteiger partial charge is 0.312 e. The van der Waals surface area contributed by atoms with E-state index in [-0.39, 0.29) is 4.47 Å². The molecule has 0 saturated heterocycles. The quantitative estimate of drug-likeness (QED) is 0.759. The fraction of sp³-hybridized carbons (Fsp3) is 0.400. The van der Waals surface area contributed by atoms with E-state index in [1.165, 1.54) is 17.7 Å². The second-order valence-electron chi connectivity index (χ2n) is 5.10. The third-order valence-electron chi connectivity index (χ3n) is 3.49. The van der Waals surface area contributed by atoms with Gasteiger partial charge in [-0.15, -0.1) is 11.3 Å². The SMILES string of the molecule is CCNCc1sc(-c2ccc(F)c(F)c2Br)nc1C1CC1. The first-order valence-corrected chi connectivity index (χ1v) is 8.57. The maximum Gasteiger partial charge on any atom is 0.173 e. The van der Waals surface area contributed by atoms with Gasteiger partial charge in [-0.05, 0) is 47.4 Å². The molecule has 3 rings (SSSR count). The summed E-state index contributed by atoms with van der Waals surface area (Å²) in [5.41, 5.74) is 1.73. The van der Waals surface area contributed by atoms with Crippen LogP contribution >= 0.6 is 27.3 Å². The van der Waals surface area contributed by atoms with Crippen molar-refractivity contribution in [3.8, 4) is 10.6 Å². The van der Waals surface area contributed by atoms with Gasteiger partial charge in [0.15, 0.2) is 11.6 Å². The molecule has 1 heterocycles. The van der Waals surface area contributed by atoms with Crippen molar-refractivity contribution in [2.45, 2.75) is 32.2 Å². The minimum Gasteiger partial charge on any atom is -0.312 e. The molecular weight excluding hydrogens is 358 g/mol. The number of halogens is 3. The number of nitrogens with one attached hydrogen (secondary N) is 1. The number of hydrogen-bond donors (Lipinski definition) is 1. The van der Waals surface area contributed by atoms with Crippen molar-refractivity contribution in [2.24, 2.45) is 0 Å². The molecule has 0 spiro atoms. The third kappa shape index (κ3) is 3.03. The van der Waals surface area contributed by atoms with Crippen LogP contribution in [0.5, 0.6) is 0 Å². The number of benzene rings is 1. The molecule has 0 aliphatic heterocycles. The Bertz CT molecular complexity index is 668. The average Bonchev–Trinajstić information content (AvgIpc) is 3.24. The van der Waals surface area contributed by atoms with Gasteiger partial charge in [0.05, 0.1) is 10.2 Å². The Hall–Kier alpha value is -0.850. The molecule has 0 unspecified atom stereocenters. The zero-order chi connectivity index (χ0) is 15.0. The maximum atomic E-state index is 13.7. The van der Waals surface area contributed by atoms with E-state index in [0.717, 1.165) is 29.9 Å². The molecular formula is C15H15BrF2N2S. The smallest absolute Gasteiger partial charge is 0.173 e. The van der Waals surface area contributed by atoms with E-state index in [2.05, 4.69) is 33.2 Å². The highest BCUT2D eigenvalue weighted by atomic mass is 79.9. The molecule has 1 aliphatic rings. The number of rotatable bonds is 5.